The molecule has 0 saturated carbocycles. The highest BCUT2D eigenvalue weighted by Gasteiger charge is 2.39. The van der Waals surface area contributed by atoms with Crippen LogP contribution in [-0.4, -0.2) is 18.4 Å². The maximum absolute atomic E-state index is 13.1. The Morgan fingerprint density at radius 1 is 1.00 bits per heavy atom. The van der Waals surface area contributed by atoms with Crippen LogP contribution in [0, 0.1) is 26.2 Å². The lowest BCUT2D eigenvalue weighted by Crippen LogP contribution is -2.47. The first-order valence-corrected chi connectivity index (χ1v) is 8.94. The van der Waals surface area contributed by atoms with Crippen LogP contribution < -0.4 is 10.2 Å². The molecule has 0 saturated heterocycles. The summed E-state index contributed by atoms with van der Waals surface area (Å²) in [4.78, 5) is 27.6. The number of amides is 2. The molecule has 0 spiro atoms. The molecule has 0 aromatic heterocycles. The van der Waals surface area contributed by atoms with Gasteiger partial charge in [0.1, 0.15) is 5.41 Å². The number of hydrogen-bond donors (Lipinski definition) is 1. The number of benzene rings is 2. The lowest BCUT2D eigenvalue weighted by atomic mass is 9.89. The van der Waals surface area contributed by atoms with Crippen molar-refractivity contribution in [3.8, 4) is 0 Å². The van der Waals surface area contributed by atoms with Crippen molar-refractivity contribution in [3.63, 3.8) is 0 Å². The first-order valence-electron chi connectivity index (χ1n) is 8.94. The average molecular weight is 352 g/mol. The molecule has 2 amide bonds. The van der Waals surface area contributed by atoms with Crippen LogP contribution in [0.25, 0.3) is 0 Å². The number of rotatable bonds is 5. The quantitative estimate of drug-likeness (QED) is 0.798. The maximum Gasteiger partial charge on any atom is 0.242 e. The molecule has 0 aliphatic carbocycles. The van der Waals surface area contributed by atoms with Gasteiger partial charge in [-0.25, -0.2) is 0 Å². The van der Waals surface area contributed by atoms with Gasteiger partial charge in [-0.3, -0.25) is 9.59 Å². The van der Waals surface area contributed by atoms with Gasteiger partial charge in [0.25, 0.3) is 0 Å². The summed E-state index contributed by atoms with van der Waals surface area (Å²) in [6.07, 6.45) is 0. The molecule has 2 aromatic carbocycles. The zero-order valence-corrected chi connectivity index (χ0v) is 16.5. The Morgan fingerprint density at radius 2 is 1.69 bits per heavy atom. The molecule has 4 nitrogen and oxygen atoms in total. The predicted octanol–water partition coefficient (Wildman–Crippen LogP) is 4.63. The third-order valence-corrected chi connectivity index (χ3v) is 4.74. The lowest BCUT2D eigenvalue weighted by molar-refractivity contribution is -0.136. The molecule has 0 unspecified atom stereocenters. The minimum absolute atomic E-state index is 0.216. The van der Waals surface area contributed by atoms with Gasteiger partial charge < -0.3 is 10.2 Å². The van der Waals surface area contributed by atoms with Crippen LogP contribution in [0.5, 0.6) is 0 Å². The Morgan fingerprint density at radius 3 is 2.27 bits per heavy atom. The van der Waals surface area contributed by atoms with Gasteiger partial charge in [0.15, 0.2) is 0 Å². The van der Waals surface area contributed by atoms with Crippen molar-refractivity contribution in [2.45, 2.75) is 41.5 Å². The second-order valence-corrected chi connectivity index (χ2v) is 7.27. The molecule has 2 aromatic rings. The van der Waals surface area contributed by atoms with Crippen LogP contribution >= 0.6 is 0 Å². The molecule has 0 atom stereocenters. The van der Waals surface area contributed by atoms with Crippen molar-refractivity contribution >= 4 is 23.2 Å². The number of hydrogen-bond acceptors (Lipinski definition) is 2. The Labute approximate surface area is 156 Å². The van der Waals surface area contributed by atoms with Crippen LogP contribution in [0.1, 0.15) is 37.5 Å². The molecule has 0 aliphatic heterocycles. The number of nitrogens with zero attached hydrogens (tertiary/aromatic N) is 1. The van der Waals surface area contributed by atoms with Gasteiger partial charge in [-0.15, -0.1) is 0 Å². The highest BCUT2D eigenvalue weighted by molar-refractivity contribution is 6.14. The van der Waals surface area contributed by atoms with Gasteiger partial charge in [0.2, 0.25) is 11.8 Å². The minimum atomic E-state index is -1.18. The number of carbonyl (C=O) groups excluding carboxylic acids is 2. The van der Waals surface area contributed by atoms with E-state index >= 15 is 0 Å². The van der Waals surface area contributed by atoms with Crippen molar-refractivity contribution in [3.05, 3.63) is 59.2 Å². The Hall–Kier alpha value is -2.62. The summed E-state index contributed by atoms with van der Waals surface area (Å²) in [6.45, 7) is 11.8. The number of aryl methyl sites for hydroxylation is 3. The smallest absolute Gasteiger partial charge is 0.242 e. The van der Waals surface area contributed by atoms with Gasteiger partial charge in [-0.1, -0.05) is 18.2 Å². The minimum Gasteiger partial charge on any atom is -0.325 e. The van der Waals surface area contributed by atoms with E-state index in [1.54, 1.807) is 18.7 Å². The number of carbonyl (C=O) groups is 2. The summed E-state index contributed by atoms with van der Waals surface area (Å²) in [6, 6.07) is 13.5. The standard InChI is InChI=1S/C22H28N2O2/c1-7-24(19-10-8-9-15(2)13-19)21(26)22(5,6)20(25)23-18-12-11-16(3)17(4)14-18/h8-14H,7H2,1-6H3,(H,23,25). The fourth-order valence-corrected chi connectivity index (χ4v) is 2.78. The molecular weight excluding hydrogens is 324 g/mol. The molecule has 4 heteroatoms. The van der Waals surface area contributed by atoms with Crippen LogP contribution in [0.4, 0.5) is 11.4 Å². The molecule has 0 fully saturated rings. The number of anilines is 2. The third-order valence-electron chi connectivity index (χ3n) is 4.74. The topological polar surface area (TPSA) is 49.4 Å². The number of nitrogens with one attached hydrogen (secondary N) is 1. The third kappa shape index (κ3) is 4.13. The van der Waals surface area contributed by atoms with Crippen molar-refractivity contribution in [2.24, 2.45) is 5.41 Å². The monoisotopic (exact) mass is 352 g/mol. The fraction of sp³-hybridized carbons (Fsp3) is 0.364. The first kappa shape index (κ1) is 19.7. The summed E-state index contributed by atoms with van der Waals surface area (Å²) in [5, 5.41) is 2.89. The van der Waals surface area contributed by atoms with Crippen LogP contribution in [0.2, 0.25) is 0 Å². The van der Waals surface area contributed by atoms with E-state index in [0.29, 0.717) is 12.2 Å². The van der Waals surface area contributed by atoms with E-state index in [-0.39, 0.29) is 11.8 Å². The van der Waals surface area contributed by atoms with Crippen molar-refractivity contribution in [1.82, 2.24) is 0 Å². The normalized spacial score (nSPS) is 11.2. The largest absolute Gasteiger partial charge is 0.325 e. The van der Waals surface area contributed by atoms with Gasteiger partial charge in [-0.05, 0) is 82.5 Å². The van der Waals surface area contributed by atoms with E-state index in [1.807, 2.05) is 70.2 Å². The molecule has 26 heavy (non-hydrogen) atoms. The lowest BCUT2D eigenvalue weighted by Gasteiger charge is -2.30. The van der Waals surface area contributed by atoms with Gasteiger partial charge >= 0.3 is 0 Å². The molecular formula is C22H28N2O2. The highest BCUT2D eigenvalue weighted by Crippen LogP contribution is 2.26. The first-order chi connectivity index (χ1) is 12.2. The molecule has 1 N–H and O–H groups in total. The summed E-state index contributed by atoms with van der Waals surface area (Å²) < 4.78 is 0. The zero-order valence-electron chi connectivity index (χ0n) is 16.5. The predicted molar refractivity (Wildman–Crippen MR) is 108 cm³/mol. The Bertz CT molecular complexity index is 825. The van der Waals surface area contributed by atoms with E-state index in [9.17, 15) is 9.59 Å². The van der Waals surface area contributed by atoms with E-state index < -0.39 is 5.41 Å². The van der Waals surface area contributed by atoms with E-state index in [1.165, 1.54) is 0 Å². The van der Waals surface area contributed by atoms with Crippen molar-refractivity contribution in [2.75, 3.05) is 16.8 Å². The second-order valence-electron chi connectivity index (χ2n) is 7.27. The van der Waals surface area contributed by atoms with Gasteiger partial charge in [0.05, 0.1) is 0 Å². The van der Waals surface area contributed by atoms with E-state index in [4.69, 9.17) is 0 Å². The van der Waals surface area contributed by atoms with E-state index in [2.05, 4.69) is 5.32 Å². The summed E-state index contributed by atoms with van der Waals surface area (Å²) >= 11 is 0. The highest BCUT2D eigenvalue weighted by atomic mass is 16.2. The van der Waals surface area contributed by atoms with Crippen molar-refractivity contribution in [1.29, 1.82) is 0 Å². The van der Waals surface area contributed by atoms with E-state index in [0.717, 1.165) is 22.4 Å². The fourth-order valence-electron chi connectivity index (χ4n) is 2.78. The Kier molecular flexibility index (Phi) is 5.86. The molecule has 138 valence electrons. The maximum atomic E-state index is 13.1. The van der Waals surface area contributed by atoms with Crippen molar-refractivity contribution < 1.29 is 9.59 Å². The molecule has 0 aliphatic rings. The van der Waals surface area contributed by atoms with Gasteiger partial charge in [-0.2, -0.15) is 0 Å². The van der Waals surface area contributed by atoms with Gasteiger partial charge in [0, 0.05) is 17.9 Å². The summed E-state index contributed by atoms with van der Waals surface area (Å²) in [7, 11) is 0. The molecule has 0 bridgehead atoms. The zero-order chi connectivity index (χ0) is 19.5. The summed E-state index contributed by atoms with van der Waals surface area (Å²) in [5.74, 6) is -0.524. The van der Waals surface area contributed by atoms with Crippen LogP contribution in [0.15, 0.2) is 42.5 Å². The molecule has 0 radical (unpaired) electrons. The van der Waals surface area contributed by atoms with Crippen LogP contribution in [0.3, 0.4) is 0 Å². The Balaban J connectivity index is 2.24. The second kappa shape index (κ2) is 7.73. The van der Waals surface area contributed by atoms with Crippen LogP contribution in [-0.2, 0) is 9.59 Å². The average Bonchev–Trinajstić information content (AvgIpc) is 2.58. The molecule has 0 heterocycles. The molecule has 2 rings (SSSR count). The summed E-state index contributed by atoms with van der Waals surface area (Å²) in [5.41, 5.74) is 3.67. The SMILES string of the molecule is CCN(C(=O)C(C)(C)C(=O)Nc1ccc(C)c(C)c1)c1cccc(C)c1.